The number of hydrogen-bond donors (Lipinski definition) is 2. The van der Waals surface area contributed by atoms with Crippen LogP contribution in [0.15, 0.2) is 34.5 Å². The fourth-order valence-electron chi connectivity index (χ4n) is 1.80. The van der Waals surface area contributed by atoms with Crippen LogP contribution >= 0.6 is 11.3 Å². The van der Waals surface area contributed by atoms with Crippen LogP contribution < -0.4 is 10.5 Å². The van der Waals surface area contributed by atoms with Crippen LogP contribution in [0.2, 0.25) is 0 Å². The number of halogens is 1. The molecular formula is C13H13FN2O3S2. The number of nitrogens with one attached hydrogen (secondary N) is 1. The first-order chi connectivity index (χ1) is 9.81. The quantitative estimate of drug-likeness (QED) is 0.903. The van der Waals surface area contributed by atoms with Crippen molar-refractivity contribution in [2.75, 3.05) is 5.32 Å². The van der Waals surface area contributed by atoms with E-state index in [1.165, 1.54) is 11.3 Å². The lowest BCUT2D eigenvalue weighted by Crippen LogP contribution is -2.15. The lowest BCUT2D eigenvalue weighted by atomic mass is 10.2. The van der Waals surface area contributed by atoms with E-state index in [0.717, 1.165) is 23.8 Å². The van der Waals surface area contributed by atoms with E-state index < -0.39 is 21.7 Å². The Morgan fingerprint density at radius 3 is 2.71 bits per heavy atom. The van der Waals surface area contributed by atoms with Gasteiger partial charge >= 0.3 is 0 Å². The number of thiophene rings is 1. The second-order valence-corrected chi connectivity index (χ2v) is 6.78. The molecule has 1 amide bonds. The van der Waals surface area contributed by atoms with Gasteiger partial charge in [-0.1, -0.05) is 6.92 Å². The molecule has 0 saturated heterocycles. The van der Waals surface area contributed by atoms with Gasteiger partial charge in [0, 0.05) is 5.69 Å². The summed E-state index contributed by atoms with van der Waals surface area (Å²) in [5.74, 6) is -1.20. The minimum Gasteiger partial charge on any atom is -0.321 e. The number of anilines is 1. The van der Waals surface area contributed by atoms with Crippen molar-refractivity contribution in [3.63, 3.8) is 0 Å². The number of amides is 1. The highest BCUT2D eigenvalue weighted by atomic mass is 32.2. The Balaban J connectivity index is 2.32. The second-order valence-electron chi connectivity index (χ2n) is 4.30. The number of primary sulfonamides is 1. The molecule has 2 rings (SSSR count). The standard InChI is InChI=1S/C13H13FN2O3S2/c1-2-8-3-4-20-12(8)13(17)16-10-5-9(14)6-11(7-10)21(15,18)19/h3-7H,2H2,1H3,(H,16,17)(H2,15,18,19). The van der Waals surface area contributed by atoms with E-state index in [-0.39, 0.29) is 10.6 Å². The fraction of sp³-hybridized carbons (Fsp3) is 0.154. The Morgan fingerprint density at radius 1 is 1.38 bits per heavy atom. The molecule has 8 heteroatoms. The average Bonchev–Trinajstić information content (AvgIpc) is 2.85. The van der Waals surface area contributed by atoms with E-state index in [2.05, 4.69) is 5.32 Å². The zero-order chi connectivity index (χ0) is 15.6. The summed E-state index contributed by atoms with van der Waals surface area (Å²) in [5, 5.41) is 9.23. The van der Waals surface area contributed by atoms with E-state index in [1.54, 1.807) is 5.38 Å². The molecule has 0 atom stereocenters. The summed E-state index contributed by atoms with van der Waals surface area (Å²) in [5.41, 5.74) is 0.917. The lowest BCUT2D eigenvalue weighted by molar-refractivity contribution is 0.102. The van der Waals surface area contributed by atoms with Gasteiger partial charge in [0.15, 0.2) is 0 Å². The van der Waals surface area contributed by atoms with E-state index in [9.17, 15) is 17.6 Å². The first kappa shape index (κ1) is 15.6. The van der Waals surface area contributed by atoms with Crippen LogP contribution in [0.5, 0.6) is 0 Å². The molecular weight excluding hydrogens is 315 g/mol. The van der Waals surface area contributed by atoms with Gasteiger partial charge in [0.2, 0.25) is 10.0 Å². The van der Waals surface area contributed by atoms with Crippen LogP contribution in [0.1, 0.15) is 22.2 Å². The van der Waals surface area contributed by atoms with Crippen molar-refractivity contribution in [2.24, 2.45) is 5.14 Å². The summed E-state index contributed by atoms with van der Waals surface area (Å²) < 4.78 is 35.9. The summed E-state index contributed by atoms with van der Waals surface area (Å²) >= 11 is 1.27. The van der Waals surface area contributed by atoms with Gasteiger partial charge in [-0.05, 0) is 41.6 Å². The van der Waals surface area contributed by atoms with Crippen molar-refractivity contribution in [3.05, 3.63) is 45.9 Å². The third-order valence-corrected chi connectivity index (χ3v) is 4.64. The molecule has 3 N–H and O–H groups in total. The molecule has 0 aliphatic heterocycles. The number of carbonyl (C=O) groups excluding carboxylic acids is 1. The highest BCUT2D eigenvalue weighted by Crippen LogP contribution is 2.21. The van der Waals surface area contributed by atoms with Gasteiger partial charge in [-0.25, -0.2) is 17.9 Å². The minimum absolute atomic E-state index is 0.0412. The molecule has 112 valence electrons. The van der Waals surface area contributed by atoms with Crippen molar-refractivity contribution in [3.8, 4) is 0 Å². The molecule has 2 aromatic rings. The number of rotatable bonds is 4. The maximum atomic E-state index is 13.4. The Morgan fingerprint density at radius 2 is 2.10 bits per heavy atom. The van der Waals surface area contributed by atoms with Crippen LogP contribution in [0.25, 0.3) is 0 Å². The first-order valence-corrected chi connectivity index (χ1v) is 8.45. The van der Waals surface area contributed by atoms with Gasteiger partial charge in [0.05, 0.1) is 9.77 Å². The molecule has 0 spiro atoms. The minimum atomic E-state index is -4.04. The summed E-state index contributed by atoms with van der Waals surface area (Å²) in [6.07, 6.45) is 0.692. The van der Waals surface area contributed by atoms with Gasteiger partial charge in [-0.3, -0.25) is 4.79 Å². The highest BCUT2D eigenvalue weighted by molar-refractivity contribution is 7.89. The number of aryl methyl sites for hydroxylation is 1. The molecule has 21 heavy (non-hydrogen) atoms. The molecule has 1 aromatic heterocycles. The van der Waals surface area contributed by atoms with E-state index in [0.29, 0.717) is 11.3 Å². The summed E-state index contributed by atoms with van der Waals surface area (Å²) in [6.45, 7) is 1.92. The zero-order valence-corrected chi connectivity index (χ0v) is 12.7. The zero-order valence-electron chi connectivity index (χ0n) is 11.1. The van der Waals surface area contributed by atoms with Crippen LogP contribution in [0.4, 0.5) is 10.1 Å². The number of hydrogen-bond acceptors (Lipinski definition) is 4. The van der Waals surface area contributed by atoms with Gasteiger partial charge in [-0.2, -0.15) is 0 Å². The molecule has 0 saturated carbocycles. The molecule has 0 bridgehead atoms. The molecule has 0 fully saturated rings. The number of benzene rings is 1. The van der Waals surface area contributed by atoms with Gasteiger partial charge < -0.3 is 5.32 Å². The summed E-state index contributed by atoms with van der Waals surface area (Å²) in [7, 11) is -4.04. The Kier molecular flexibility index (Phi) is 4.40. The number of sulfonamides is 1. The van der Waals surface area contributed by atoms with Crippen molar-refractivity contribution in [2.45, 2.75) is 18.2 Å². The van der Waals surface area contributed by atoms with Gasteiger partial charge in [-0.15, -0.1) is 11.3 Å². The SMILES string of the molecule is CCc1ccsc1C(=O)Nc1cc(F)cc(S(N)(=O)=O)c1. The second kappa shape index (κ2) is 5.92. The van der Waals surface area contributed by atoms with Crippen molar-refractivity contribution in [1.82, 2.24) is 0 Å². The van der Waals surface area contributed by atoms with Crippen molar-refractivity contribution < 1.29 is 17.6 Å². The smallest absolute Gasteiger partial charge is 0.266 e. The molecule has 0 aliphatic carbocycles. The van der Waals surface area contributed by atoms with Crippen molar-refractivity contribution in [1.29, 1.82) is 0 Å². The monoisotopic (exact) mass is 328 g/mol. The largest absolute Gasteiger partial charge is 0.321 e. The molecule has 0 aliphatic rings. The predicted molar refractivity (Wildman–Crippen MR) is 79.4 cm³/mol. The molecule has 1 heterocycles. The Bertz CT molecular complexity index is 784. The molecule has 0 unspecified atom stereocenters. The molecule has 5 nitrogen and oxygen atoms in total. The van der Waals surface area contributed by atoms with E-state index >= 15 is 0 Å². The first-order valence-electron chi connectivity index (χ1n) is 6.02. The lowest BCUT2D eigenvalue weighted by Gasteiger charge is -2.07. The van der Waals surface area contributed by atoms with Gasteiger partial charge in [0.1, 0.15) is 5.82 Å². The third kappa shape index (κ3) is 3.66. The normalized spacial score (nSPS) is 11.4. The van der Waals surface area contributed by atoms with Crippen LogP contribution in [0.3, 0.4) is 0 Å². The maximum absolute atomic E-state index is 13.4. The number of carbonyl (C=O) groups is 1. The van der Waals surface area contributed by atoms with Crippen LogP contribution in [-0.2, 0) is 16.4 Å². The van der Waals surface area contributed by atoms with E-state index in [1.807, 2.05) is 13.0 Å². The van der Waals surface area contributed by atoms with Gasteiger partial charge in [0.25, 0.3) is 5.91 Å². The van der Waals surface area contributed by atoms with Crippen LogP contribution in [-0.4, -0.2) is 14.3 Å². The number of nitrogens with two attached hydrogens (primary N) is 1. The highest BCUT2D eigenvalue weighted by Gasteiger charge is 2.15. The summed E-state index contributed by atoms with van der Waals surface area (Å²) in [4.78, 5) is 12.2. The molecule has 1 aromatic carbocycles. The average molecular weight is 328 g/mol. The topological polar surface area (TPSA) is 89.3 Å². The third-order valence-electron chi connectivity index (χ3n) is 2.79. The maximum Gasteiger partial charge on any atom is 0.266 e. The fourth-order valence-corrected chi connectivity index (χ4v) is 3.26. The van der Waals surface area contributed by atoms with Crippen LogP contribution in [0, 0.1) is 5.82 Å². The predicted octanol–water partition coefficient (Wildman–Crippen LogP) is 2.35. The molecule has 0 radical (unpaired) electrons. The van der Waals surface area contributed by atoms with Crippen molar-refractivity contribution >= 4 is 33.0 Å². The Labute approximate surface area is 125 Å². The van der Waals surface area contributed by atoms with E-state index in [4.69, 9.17) is 5.14 Å². The summed E-state index contributed by atoms with van der Waals surface area (Å²) in [6, 6.07) is 4.79. The Hall–Kier alpha value is -1.77.